The van der Waals surface area contributed by atoms with Gasteiger partial charge in [-0.25, -0.2) is 9.18 Å². The van der Waals surface area contributed by atoms with Crippen LogP contribution in [0.4, 0.5) is 14.9 Å². The Hall–Kier alpha value is -3.13. The number of piperidine rings is 1. The normalized spacial score (nSPS) is 15.0. The lowest BCUT2D eigenvalue weighted by atomic mass is 10.0. The summed E-state index contributed by atoms with van der Waals surface area (Å²) < 4.78 is 13.5. The van der Waals surface area contributed by atoms with Crippen LogP contribution in [0.5, 0.6) is 0 Å². The molecule has 9 heteroatoms. The van der Waals surface area contributed by atoms with Crippen molar-refractivity contribution in [1.29, 1.82) is 0 Å². The number of rotatable bonds is 6. The number of nitrogens with zero attached hydrogens (tertiary/aromatic N) is 1. The summed E-state index contributed by atoms with van der Waals surface area (Å²) in [6, 6.07) is 11.7. The minimum atomic E-state index is -0.805. The molecule has 2 aromatic rings. The number of urea groups is 1. The number of hydrogen-bond acceptors (Lipinski definition) is 3. The van der Waals surface area contributed by atoms with Crippen molar-refractivity contribution < 1.29 is 18.8 Å². The molecule has 1 atom stereocenters. The zero-order valence-electron chi connectivity index (χ0n) is 17.7. The number of likely N-dealkylation sites (tertiary alicyclic amines) is 1. The maximum Gasteiger partial charge on any atom is 0.321 e. The Bertz CT molecular complexity index is 962. The second-order valence-corrected chi connectivity index (χ2v) is 8.23. The van der Waals surface area contributed by atoms with Crippen molar-refractivity contribution in [2.24, 2.45) is 0 Å². The summed E-state index contributed by atoms with van der Waals surface area (Å²) >= 11 is 5.86. The van der Waals surface area contributed by atoms with E-state index in [2.05, 4.69) is 16.0 Å². The molecule has 170 valence electrons. The van der Waals surface area contributed by atoms with Crippen LogP contribution < -0.4 is 16.0 Å². The van der Waals surface area contributed by atoms with Gasteiger partial charge in [0.05, 0.1) is 0 Å². The first-order valence-corrected chi connectivity index (χ1v) is 10.8. The number of carbonyl (C=O) groups excluding carboxylic acids is 3. The van der Waals surface area contributed by atoms with Crippen molar-refractivity contribution in [3.05, 3.63) is 64.9 Å². The molecule has 0 aromatic heterocycles. The highest BCUT2D eigenvalue weighted by Crippen LogP contribution is 2.16. The molecule has 0 radical (unpaired) electrons. The first-order chi connectivity index (χ1) is 15.3. The van der Waals surface area contributed by atoms with E-state index in [1.165, 1.54) is 19.1 Å². The fourth-order valence-electron chi connectivity index (χ4n) is 3.62. The van der Waals surface area contributed by atoms with Crippen LogP contribution in [0.3, 0.4) is 0 Å². The van der Waals surface area contributed by atoms with Gasteiger partial charge < -0.3 is 20.9 Å². The van der Waals surface area contributed by atoms with Crippen LogP contribution in [-0.4, -0.2) is 47.9 Å². The second-order valence-electron chi connectivity index (χ2n) is 7.79. The van der Waals surface area contributed by atoms with Gasteiger partial charge in [0, 0.05) is 43.2 Å². The summed E-state index contributed by atoms with van der Waals surface area (Å²) in [7, 11) is 0. The van der Waals surface area contributed by atoms with E-state index in [0.717, 1.165) is 0 Å². The smallest absolute Gasteiger partial charge is 0.321 e. The third kappa shape index (κ3) is 6.95. The summed E-state index contributed by atoms with van der Waals surface area (Å²) in [4.78, 5) is 38.5. The molecule has 4 amide bonds. The van der Waals surface area contributed by atoms with Crippen LogP contribution in [-0.2, 0) is 16.0 Å². The molecule has 3 N–H and O–H groups in total. The van der Waals surface area contributed by atoms with Gasteiger partial charge in [-0.1, -0.05) is 23.7 Å². The molecule has 0 unspecified atom stereocenters. The predicted octanol–water partition coefficient (Wildman–Crippen LogP) is 3.34. The number of amides is 4. The Balaban J connectivity index is 1.51. The number of nitrogens with one attached hydrogen (secondary N) is 3. The van der Waals surface area contributed by atoms with Gasteiger partial charge in [-0.3, -0.25) is 9.59 Å². The van der Waals surface area contributed by atoms with E-state index in [1.807, 2.05) is 0 Å². The summed E-state index contributed by atoms with van der Waals surface area (Å²) in [6.45, 7) is 2.31. The summed E-state index contributed by atoms with van der Waals surface area (Å²) in [5, 5.41) is 9.01. The molecule has 1 heterocycles. The lowest BCUT2D eigenvalue weighted by molar-refractivity contribution is -0.128. The van der Waals surface area contributed by atoms with E-state index in [-0.39, 0.29) is 30.3 Å². The highest BCUT2D eigenvalue weighted by atomic mass is 35.5. The average Bonchev–Trinajstić information content (AvgIpc) is 2.75. The van der Waals surface area contributed by atoms with Crippen molar-refractivity contribution in [3.63, 3.8) is 0 Å². The van der Waals surface area contributed by atoms with Crippen molar-refractivity contribution in [2.75, 3.05) is 18.4 Å². The Labute approximate surface area is 191 Å². The van der Waals surface area contributed by atoms with Crippen molar-refractivity contribution in [3.8, 4) is 0 Å². The number of hydrogen-bond donors (Lipinski definition) is 3. The molecular weight excluding hydrogens is 435 g/mol. The number of carbonyl (C=O) groups is 3. The molecule has 0 aliphatic carbocycles. The van der Waals surface area contributed by atoms with Crippen LogP contribution >= 0.6 is 11.6 Å². The molecule has 7 nitrogen and oxygen atoms in total. The monoisotopic (exact) mass is 460 g/mol. The predicted molar refractivity (Wildman–Crippen MR) is 121 cm³/mol. The lowest BCUT2D eigenvalue weighted by Crippen LogP contribution is -2.53. The van der Waals surface area contributed by atoms with E-state index >= 15 is 0 Å². The lowest BCUT2D eigenvalue weighted by Gasteiger charge is -2.33. The van der Waals surface area contributed by atoms with Crippen LogP contribution in [0.25, 0.3) is 0 Å². The number of anilines is 1. The third-order valence-electron chi connectivity index (χ3n) is 5.25. The first kappa shape index (κ1) is 23.5. The SMILES string of the molecule is CC(=O)N[C@@H](Cc1cccc(F)c1)C(=O)NC1CCN(C(=O)Nc2ccc(Cl)cc2)CC1. The van der Waals surface area contributed by atoms with Gasteiger partial charge in [0.1, 0.15) is 11.9 Å². The molecule has 1 saturated heterocycles. The topological polar surface area (TPSA) is 90.5 Å². The number of halogens is 2. The summed E-state index contributed by atoms with van der Waals surface area (Å²) in [5.41, 5.74) is 1.28. The molecule has 0 spiro atoms. The average molecular weight is 461 g/mol. The Morgan fingerprint density at radius 2 is 1.81 bits per heavy atom. The van der Waals surface area contributed by atoms with Crippen molar-refractivity contribution in [2.45, 2.75) is 38.3 Å². The third-order valence-corrected chi connectivity index (χ3v) is 5.50. The molecule has 2 aromatic carbocycles. The van der Waals surface area contributed by atoms with Gasteiger partial charge in [0.15, 0.2) is 0 Å². The van der Waals surface area contributed by atoms with Gasteiger partial charge in [-0.2, -0.15) is 0 Å². The molecule has 0 saturated carbocycles. The van der Waals surface area contributed by atoms with Gasteiger partial charge in [0.2, 0.25) is 11.8 Å². The van der Waals surface area contributed by atoms with E-state index in [9.17, 15) is 18.8 Å². The molecular formula is C23H26ClFN4O3. The van der Waals surface area contributed by atoms with E-state index in [4.69, 9.17) is 11.6 Å². The van der Waals surface area contributed by atoms with Crippen molar-refractivity contribution in [1.82, 2.24) is 15.5 Å². The highest BCUT2D eigenvalue weighted by molar-refractivity contribution is 6.30. The Morgan fingerprint density at radius 3 is 2.44 bits per heavy atom. The maximum atomic E-state index is 13.5. The zero-order valence-corrected chi connectivity index (χ0v) is 18.5. The molecule has 1 aliphatic heterocycles. The minimum Gasteiger partial charge on any atom is -0.351 e. The van der Waals surface area contributed by atoms with Crippen LogP contribution in [0.2, 0.25) is 5.02 Å². The van der Waals surface area contributed by atoms with Gasteiger partial charge in [-0.15, -0.1) is 0 Å². The summed E-state index contributed by atoms with van der Waals surface area (Å²) in [5.74, 6) is -1.06. The fourth-order valence-corrected chi connectivity index (χ4v) is 3.74. The van der Waals surface area contributed by atoms with Gasteiger partial charge in [-0.05, 0) is 54.8 Å². The molecule has 0 bridgehead atoms. The summed E-state index contributed by atoms with van der Waals surface area (Å²) in [6.07, 6.45) is 1.37. The van der Waals surface area contributed by atoms with E-state index in [0.29, 0.717) is 42.2 Å². The van der Waals surface area contributed by atoms with Crippen LogP contribution in [0, 0.1) is 5.82 Å². The number of benzene rings is 2. The Morgan fingerprint density at radius 1 is 1.12 bits per heavy atom. The Kier molecular flexibility index (Phi) is 8.05. The first-order valence-electron chi connectivity index (χ1n) is 10.4. The molecule has 3 rings (SSSR count). The quantitative estimate of drug-likeness (QED) is 0.617. The minimum absolute atomic E-state index is 0.120. The van der Waals surface area contributed by atoms with Gasteiger partial charge in [0.25, 0.3) is 0 Å². The highest BCUT2D eigenvalue weighted by Gasteiger charge is 2.27. The fraction of sp³-hybridized carbons (Fsp3) is 0.348. The molecule has 32 heavy (non-hydrogen) atoms. The second kappa shape index (κ2) is 10.9. The largest absolute Gasteiger partial charge is 0.351 e. The standard InChI is InChI=1S/C23H26ClFN4O3/c1-15(30)26-21(14-16-3-2-4-18(25)13-16)22(31)27-20-9-11-29(12-10-20)23(32)28-19-7-5-17(24)6-8-19/h2-8,13,20-21H,9-12,14H2,1H3,(H,26,30)(H,27,31)(H,28,32)/t21-/m0/s1. The van der Waals surface area contributed by atoms with E-state index in [1.54, 1.807) is 41.3 Å². The molecule has 1 fully saturated rings. The van der Waals surface area contributed by atoms with Crippen molar-refractivity contribution >= 4 is 35.1 Å². The van der Waals surface area contributed by atoms with Crippen LogP contribution in [0.1, 0.15) is 25.3 Å². The maximum absolute atomic E-state index is 13.5. The van der Waals surface area contributed by atoms with Crippen LogP contribution in [0.15, 0.2) is 48.5 Å². The molecule has 1 aliphatic rings. The van der Waals surface area contributed by atoms with E-state index < -0.39 is 11.9 Å². The van der Waals surface area contributed by atoms with Gasteiger partial charge >= 0.3 is 6.03 Å². The zero-order chi connectivity index (χ0) is 23.1.